The van der Waals surface area contributed by atoms with Crippen molar-refractivity contribution in [1.82, 2.24) is 10.6 Å². The molecule has 0 aromatic carbocycles. The second-order valence-electron chi connectivity index (χ2n) is 3.97. The molecule has 1 heterocycles. The summed E-state index contributed by atoms with van der Waals surface area (Å²) in [6.07, 6.45) is 0. The van der Waals surface area contributed by atoms with Gasteiger partial charge in [0.2, 0.25) is 5.91 Å². The van der Waals surface area contributed by atoms with Gasteiger partial charge in [-0.3, -0.25) is 4.79 Å². The van der Waals surface area contributed by atoms with Crippen molar-refractivity contribution >= 4 is 28.8 Å². The molecule has 0 radical (unpaired) electrons. The Balaban J connectivity index is 2.34. The fourth-order valence-corrected chi connectivity index (χ4v) is 2.24. The van der Waals surface area contributed by atoms with E-state index >= 15 is 0 Å². The van der Waals surface area contributed by atoms with E-state index in [1.54, 1.807) is 0 Å². The molecule has 90 valence electrons. The maximum atomic E-state index is 11.6. The predicted molar refractivity (Wildman–Crippen MR) is 68.9 cm³/mol. The minimum absolute atomic E-state index is 0.0256. The van der Waals surface area contributed by atoms with Gasteiger partial charge < -0.3 is 10.6 Å². The number of carbonyl (C=O) groups is 1. The summed E-state index contributed by atoms with van der Waals surface area (Å²) in [6.45, 7) is 6.42. The van der Waals surface area contributed by atoms with Gasteiger partial charge in [-0.1, -0.05) is 11.6 Å². The maximum absolute atomic E-state index is 11.6. The molecular weight excluding hydrogens is 244 g/mol. The molecule has 1 amide bonds. The number of hydrogen-bond acceptors (Lipinski definition) is 3. The first-order valence-electron chi connectivity index (χ1n) is 5.27. The van der Waals surface area contributed by atoms with Gasteiger partial charge in [-0.25, -0.2) is 0 Å². The number of halogens is 1. The highest BCUT2D eigenvalue weighted by Crippen LogP contribution is 2.21. The molecule has 0 fully saturated rings. The second kappa shape index (κ2) is 6.23. The Morgan fingerprint density at radius 2 is 2.12 bits per heavy atom. The largest absolute Gasteiger partial charge is 0.353 e. The number of thiophene rings is 1. The minimum atomic E-state index is -0.191. The van der Waals surface area contributed by atoms with Crippen molar-refractivity contribution in [2.24, 2.45) is 0 Å². The van der Waals surface area contributed by atoms with Crippen LogP contribution in [0, 0.1) is 0 Å². The normalized spacial score (nSPS) is 12.8. The molecule has 0 aliphatic rings. The number of nitrogens with one attached hydrogen (secondary N) is 2. The van der Waals surface area contributed by atoms with Gasteiger partial charge in [-0.2, -0.15) is 0 Å². The molecule has 0 saturated carbocycles. The van der Waals surface area contributed by atoms with Crippen LogP contribution in [0.4, 0.5) is 0 Å². The Kier molecular flexibility index (Phi) is 5.25. The van der Waals surface area contributed by atoms with Crippen molar-refractivity contribution in [3.05, 3.63) is 21.3 Å². The fourth-order valence-electron chi connectivity index (χ4n) is 1.20. The van der Waals surface area contributed by atoms with Crippen molar-refractivity contribution in [2.45, 2.75) is 39.4 Å². The Morgan fingerprint density at radius 1 is 1.44 bits per heavy atom. The number of amides is 1. The molecule has 0 saturated heterocycles. The van der Waals surface area contributed by atoms with Gasteiger partial charge in [0, 0.05) is 17.5 Å². The number of carbonyl (C=O) groups excluding carboxylic acids is 1. The average molecular weight is 261 g/mol. The molecule has 0 aliphatic heterocycles. The summed E-state index contributed by atoms with van der Waals surface area (Å²) in [5, 5.41) is 6.02. The molecule has 1 aromatic heterocycles. The number of hydrogen-bond donors (Lipinski definition) is 2. The summed E-state index contributed by atoms with van der Waals surface area (Å²) in [7, 11) is 0. The molecule has 1 atom stereocenters. The van der Waals surface area contributed by atoms with E-state index in [0.717, 1.165) is 9.21 Å². The first-order valence-corrected chi connectivity index (χ1v) is 6.46. The Morgan fingerprint density at radius 3 is 2.62 bits per heavy atom. The van der Waals surface area contributed by atoms with Crippen molar-refractivity contribution < 1.29 is 4.79 Å². The lowest BCUT2D eigenvalue weighted by molar-refractivity contribution is -0.123. The van der Waals surface area contributed by atoms with Crippen LogP contribution in [0.25, 0.3) is 0 Å². The van der Waals surface area contributed by atoms with Crippen molar-refractivity contribution in [3.8, 4) is 0 Å². The van der Waals surface area contributed by atoms with E-state index < -0.39 is 0 Å². The molecule has 2 N–H and O–H groups in total. The summed E-state index contributed by atoms with van der Waals surface area (Å²) in [6, 6.07) is 3.81. The quantitative estimate of drug-likeness (QED) is 0.854. The lowest BCUT2D eigenvalue weighted by Crippen LogP contribution is -2.44. The summed E-state index contributed by atoms with van der Waals surface area (Å²) >= 11 is 7.35. The van der Waals surface area contributed by atoms with Crippen molar-refractivity contribution in [1.29, 1.82) is 0 Å². The molecule has 0 bridgehead atoms. The fraction of sp³-hybridized carbons (Fsp3) is 0.545. The minimum Gasteiger partial charge on any atom is -0.353 e. The van der Waals surface area contributed by atoms with Crippen LogP contribution in [0.2, 0.25) is 4.34 Å². The third kappa shape index (κ3) is 4.51. The zero-order chi connectivity index (χ0) is 12.1. The first kappa shape index (κ1) is 13.5. The van der Waals surface area contributed by atoms with E-state index in [1.807, 2.05) is 32.9 Å². The van der Waals surface area contributed by atoms with E-state index in [9.17, 15) is 4.79 Å². The topological polar surface area (TPSA) is 41.1 Å². The monoisotopic (exact) mass is 260 g/mol. The molecule has 1 unspecified atom stereocenters. The molecule has 5 heteroatoms. The first-order chi connectivity index (χ1) is 7.49. The zero-order valence-electron chi connectivity index (χ0n) is 9.71. The molecule has 0 spiro atoms. The Hall–Kier alpha value is -0.580. The average Bonchev–Trinajstić information content (AvgIpc) is 2.59. The van der Waals surface area contributed by atoms with Crippen LogP contribution in [-0.2, 0) is 11.3 Å². The standard InChI is InChI=1S/C11H17ClN2OS/c1-7(2)14-11(15)8(3)13-6-9-4-5-10(12)16-9/h4-5,7-8,13H,6H2,1-3H3,(H,14,15). The van der Waals surface area contributed by atoms with Gasteiger partial charge >= 0.3 is 0 Å². The van der Waals surface area contributed by atoms with Crippen molar-refractivity contribution in [3.63, 3.8) is 0 Å². The van der Waals surface area contributed by atoms with Crippen molar-refractivity contribution in [2.75, 3.05) is 0 Å². The maximum Gasteiger partial charge on any atom is 0.237 e. The molecule has 1 rings (SSSR count). The van der Waals surface area contributed by atoms with Crippen LogP contribution in [0.15, 0.2) is 12.1 Å². The van der Waals surface area contributed by atoms with Crippen LogP contribution in [0.1, 0.15) is 25.6 Å². The molecule has 3 nitrogen and oxygen atoms in total. The predicted octanol–water partition coefficient (Wildman–Crippen LogP) is 2.40. The zero-order valence-corrected chi connectivity index (χ0v) is 11.3. The van der Waals surface area contributed by atoms with Crippen LogP contribution in [0.3, 0.4) is 0 Å². The number of rotatable bonds is 5. The van der Waals surface area contributed by atoms with E-state index in [1.165, 1.54) is 11.3 Å². The Labute approximate surface area is 105 Å². The Bertz CT molecular complexity index is 352. The summed E-state index contributed by atoms with van der Waals surface area (Å²) in [5.74, 6) is 0.0256. The van der Waals surface area contributed by atoms with Gasteiger partial charge in [0.05, 0.1) is 10.4 Å². The van der Waals surface area contributed by atoms with Gasteiger partial charge in [-0.05, 0) is 32.9 Å². The van der Waals surface area contributed by atoms with E-state index in [-0.39, 0.29) is 18.0 Å². The second-order valence-corrected chi connectivity index (χ2v) is 5.77. The summed E-state index contributed by atoms with van der Waals surface area (Å²) < 4.78 is 0.774. The smallest absolute Gasteiger partial charge is 0.237 e. The van der Waals surface area contributed by atoms with Gasteiger partial charge in [0.25, 0.3) is 0 Å². The van der Waals surface area contributed by atoms with Gasteiger partial charge in [0.15, 0.2) is 0 Å². The highest BCUT2D eigenvalue weighted by atomic mass is 35.5. The molecule has 0 aliphatic carbocycles. The van der Waals surface area contributed by atoms with Crippen LogP contribution < -0.4 is 10.6 Å². The lowest BCUT2D eigenvalue weighted by atomic mass is 10.2. The van der Waals surface area contributed by atoms with Crippen LogP contribution >= 0.6 is 22.9 Å². The highest BCUT2D eigenvalue weighted by molar-refractivity contribution is 7.16. The van der Waals surface area contributed by atoms with Gasteiger partial charge in [0.1, 0.15) is 0 Å². The van der Waals surface area contributed by atoms with E-state index in [2.05, 4.69) is 10.6 Å². The van der Waals surface area contributed by atoms with E-state index in [0.29, 0.717) is 6.54 Å². The summed E-state index contributed by atoms with van der Waals surface area (Å²) in [4.78, 5) is 12.7. The third-order valence-electron chi connectivity index (χ3n) is 2.04. The SMILES string of the molecule is CC(C)NC(=O)C(C)NCc1ccc(Cl)s1. The summed E-state index contributed by atoms with van der Waals surface area (Å²) in [5.41, 5.74) is 0. The molecule has 1 aromatic rings. The molecule has 16 heavy (non-hydrogen) atoms. The van der Waals surface area contributed by atoms with E-state index in [4.69, 9.17) is 11.6 Å². The van der Waals surface area contributed by atoms with Crippen LogP contribution in [0.5, 0.6) is 0 Å². The van der Waals surface area contributed by atoms with Crippen LogP contribution in [-0.4, -0.2) is 18.0 Å². The lowest BCUT2D eigenvalue weighted by Gasteiger charge is -2.15. The highest BCUT2D eigenvalue weighted by Gasteiger charge is 2.12. The third-order valence-corrected chi connectivity index (χ3v) is 3.27. The van der Waals surface area contributed by atoms with Gasteiger partial charge in [-0.15, -0.1) is 11.3 Å². The molecular formula is C11H17ClN2OS.